The molecule has 1 saturated heterocycles. The van der Waals surface area contributed by atoms with E-state index in [9.17, 15) is 5.11 Å². The zero-order valence-corrected chi connectivity index (χ0v) is 15.9. The molecule has 0 aliphatic carbocycles. The number of aryl methyl sites for hydroxylation is 3. The number of hydrogen-bond acceptors (Lipinski definition) is 5. The number of pyridine rings is 1. The van der Waals surface area contributed by atoms with Gasteiger partial charge in [-0.1, -0.05) is 0 Å². The molecule has 136 valence electrons. The largest absolute Gasteiger partial charge is 1.00 e. The molecular formula is C18H30ClN4O-. The average molecular weight is 354 g/mol. The number of anilines is 1. The van der Waals surface area contributed by atoms with E-state index in [2.05, 4.69) is 41.7 Å². The summed E-state index contributed by atoms with van der Waals surface area (Å²) in [5.41, 5.74) is 4.80. The second-order valence-corrected chi connectivity index (χ2v) is 7.16. The van der Waals surface area contributed by atoms with Gasteiger partial charge in [-0.15, -0.1) is 0 Å². The smallest absolute Gasteiger partial charge is 0.0841 e. The van der Waals surface area contributed by atoms with Crippen LogP contribution in [0.25, 0.3) is 0 Å². The summed E-state index contributed by atoms with van der Waals surface area (Å²) in [6.07, 6.45) is 1.89. The summed E-state index contributed by atoms with van der Waals surface area (Å²) in [4.78, 5) is 11.8. The Balaban J connectivity index is 0.00000208. The maximum absolute atomic E-state index is 10.6. The highest BCUT2D eigenvalue weighted by Gasteiger charge is 2.23. The number of nitrogens with zero attached hydrogens (tertiary/aromatic N) is 4. The minimum absolute atomic E-state index is 0. The Labute approximate surface area is 152 Å². The van der Waals surface area contributed by atoms with Crippen molar-refractivity contribution >= 4 is 5.69 Å². The maximum Gasteiger partial charge on any atom is 0.0841 e. The molecule has 1 atom stereocenters. The fraction of sp³-hybridized carbons (Fsp3) is 0.722. The lowest BCUT2D eigenvalue weighted by Crippen LogP contribution is -3.00. The molecule has 6 heteroatoms. The standard InChI is InChI=1S/C18H30N4O.ClH/c1-14-11-18-17(19-15(14)2)5-4-6-22(18)13-16(23)12-21-9-7-20(3)8-10-21;/h11,16,23H,4-10,12-13H2,1-3H3;1H/p-1. The van der Waals surface area contributed by atoms with E-state index >= 15 is 0 Å². The summed E-state index contributed by atoms with van der Waals surface area (Å²) < 4.78 is 0. The van der Waals surface area contributed by atoms with E-state index < -0.39 is 0 Å². The Kier molecular flexibility index (Phi) is 6.87. The molecule has 3 rings (SSSR count). The third-order valence-electron chi connectivity index (χ3n) is 5.20. The van der Waals surface area contributed by atoms with Gasteiger partial charge in [0.2, 0.25) is 0 Å². The molecule has 0 spiro atoms. The molecule has 1 aromatic heterocycles. The third-order valence-corrected chi connectivity index (χ3v) is 5.20. The normalized spacial score (nSPS) is 20.4. The molecule has 3 heterocycles. The van der Waals surface area contributed by atoms with Crippen LogP contribution in [0.5, 0.6) is 0 Å². The second kappa shape index (κ2) is 8.48. The molecular weight excluding hydrogens is 324 g/mol. The summed E-state index contributed by atoms with van der Waals surface area (Å²) >= 11 is 0. The number of hydrogen-bond donors (Lipinski definition) is 1. The van der Waals surface area contributed by atoms with Gasteiger partial charge in [0.25, 0.3) is 0 Å². The van der Waals surface area contributed by atoms with Crippen LogP contribution in [-0.2, 0) is 6.42 Å². The Hall–Kier alpha value is -0.880. The Morgan fingerprint density at radius 1 is 1.12 bits per heavy atom. The lowest BCUT2D eigenvalue weighted by Gasteiger charge is -2.36. The molecule has 2 aliphatic rings. The van der Waals surface area contributed by atoms with Crippen molar-refractivity contribution < 1.29 is 17.5 Å². The van der Waals surface area contributed by atoms with Crippen LogP contribution in [0.2, 0.25) is 0 Å². The van der Waals surface area contributed by atoms with Crippen LogP contribution in [0.1, 0.15) is 23.4 Å². The highest BCUT2D eigenvalue weighted by molar-refractivity contribution is 5.55. The van der Waals surface area contributed by atoms with E-state index in [1.165, 1.54) is 16.9 Å². The SMILES string of the molecule is Cc1cc2c(nc1C)CCCN2CC(O)CN1CCN(C)CC1.[Cl-]. The monoisotopic (exact) mass is 353 g/mol. The van der Waals surface area contributed by atoms with Gasteiger partial charge in [-0.25, -0.2) is 0 Å². The molecule has 1 fully saturated rings. The number of β-amino-alcohol motifs (C(OH)–C–C–N with tert-alkyl or cyclic N) is 1. The first-order valence-electron chi connectivity index (χ1n) is 8.84. The summed E-state index contributed by atoms with van der Waals surface area (Å²) in [7, 11) is 2.16. The molecule has 1 aromatic rings. The molecule has 0 aromatic carbocycles. The molecule has 0 radical (unpaired) electrons. The van der Waals surface area contributed by atoms with Gasteiger partial charge in [0.15, 0.2) is 0 Å². The van der Waals surface area contributed by atoms with Gasteiger partial charge in [0, 0.05) is 51.5 Å². The Bertz CT molecular complexity index is 546. The lowest BCUT2D eigenvalue weighted by molar-refractivity contribution is -0.00000761. The first-order chi connectivity index (χ1) is 11.0. The third kappa shape index (κ3) is 4.60. The number of aliphatic hydroxyl groups is 1. The van der Waals surface area contributed by atoms with Crippen LogP contribution >= 0.6 is 0 Å². The molecule has 0 saturated carbocycles. The van der Waals surface area contributed by atoms with E-state index in [1.54, 1.807) is 0 Å². The highest BCUT2D eigenvalue weighted by atomic mass is 35.5. The fourth-order valence-electron chi connectivity index (χ4n) is 3.59. The van der Waals surface area contributed by atoms with Crippen LogP contribution in [0.3, 0.4) is 0 Å². The zero-order valence-electron chi connectivity index (χ0n) is 15.1. The van der Waals surface area contributed by atoms with E-state index in [0.29, 0.717) is 6.54 Å². The molecule has 2 aliphatic heterocycles. The van der Waals surface area contributed by atoms with Crippen molar-refractivity contribution in [3.8, 4) is 0 Å². The molecule has 0 bridgehead atoms. The number of aliphatic hydroxyl groups excluding tert-OH is 1. The van der Waals surface area contributed by atoms with Gasteiger partial charge < -0.3 is 27.3 Å². The van der Waals surface area contributed by atoms with Crippen LogP contribution in [0.4, 0.5) is 5.69 Å². The average Bonchev–Trinajstić information content (AvgIpc) is 2.51. The first-order valence-corrected chi connectivity index (χ1v) is 8.84. The topological polar surface area (TPSA) is 42.8 Å². The molecule has 1 N–H and O–H groups in total. The van der Waals surface area contributed by atoms with Gasteiger partial charge in [0.1, 0.15) is 0 Å². The second-order valence-electron chi connectivity index (χ2n) is 7.16. The predicted octanol–water partition coefficient (Wildman–Crippen LogP) is -1.94. The van der Waals surface area contributed by atoms with E-state index in [-0.39, 0.29) is 18.5 Å². The van der Waals surface area contributed by atoms with Crippen molar-refractivity contribution in [1.29, 1.82) is 0 Å². The summed E-state index contributed by atoms with van der Waals surface area (Å²) in [6.45, 7) is 11.0. The van der Waals surface area contributed by atoms with Crippen LogP contribution in [0.15, 0.2) is 6.07 Å². The zero-order chi connectivity index (χ0) is 16.4. The number of rotatable bonds is 4. The maximum atomic E-state index is 10.6. The van der Waals surface area contributed by atoms with Gasteiger partial charge in [-0.3, -0.25) is 9.88 Å². The number of fused-ring (bicyclic) bond motifs is 1. The van der Waals surface area contributed by atoms with Gasteiger partial charge >= 0.3 is 0 Å². The van der Waals surface area contributed by atoms with Crippen molar-refractivity contribution in [2.24, 2.45) is 0 Å². The number of piperazine rings is 1. The van der Waals surface area contributed by atoms with E-state index in [4.69, 9.17) is 4.98 Å². The Morgan fingerprint density at radius 3 is 2.54 bits per heavy atom. The fourth-order valence-corrected chi connectivity index (χ4v) is 3.59. The summed E-state index contributed by atoms with van der Waals surface area (Å²) in [6, 6.07) is 2.25. The van der Waals surface area contributed by atoms with Crippen molar-refractivity contribution in [1.82, 2.24) is 14.8 Å². The molecule has 1 unspecified atom stereocenters. The summed E-state index contributed by atoms with van der Waals surface area (Å²) in [5.74, 6) is 0. The quantitative estimate of drug-likeness (QED) is 0.682. The van der Waals surface area contributed by atoms with Gasteiger partial charge in [-0.2, -0.15) is 0 Å². The lowest BCUT2D eigenvalue weighted by atomic mass is 10.0. The predicted molar refractivity (Wildman–Crippen MR) is 94.2 cm³/mol. The summed E-state index contributed by atoms with van der Waals surface area (Å²) in [5, 5.41) is 10.6. The van der Waals surface area contributed by atoms with Crippen LogP contribution < -0.4 is 17.3 Å². The minimum atomic E-state index is -0.300. The van der Waals surface area contributed by atoms with Crippen LogP contribution in [-0.4, -0.2) is 78.9 Å². The van der Waals surface area contributed by atoms with Crippen molar-refractivity contribution in [2.45, 2.75) is 32.8 Å². The molecule has 0 amide bonds. The van der Waals surface area contributed by atoms with Crippen LogP contribution in [0, 0.1) is 13.8 Å². The Morgan fingerprint density at radius 2 is 1.83 bits per heavy atom. The molecule has 24 heavy (non-hydrogen) atoms. The van der Waals surface area contributed by atoms with Crippen molar-refractivity contribution in [3.05, 3.63) is 23.0 Å². The minimum Gasteiger partial charge on any atom is -1.00 e. The van der Waals surface area contributed by atoms with E-state index in [1.807, 2.05) is 0 Å². The first kappa shape index (κ1) is 19.4. The van der Waals surface area contributed by atoms with Crippen molar-refractivity contribution in [3.63, 3.8) is 0 Å². The van der Waals surface area contributed by atoms with Crippen molar-refractivity contribution in [2.75, 3.05) is 57.8 Å². The number of likely N-dealkylation sites (N-methyl/N-ethyl adjacent to an activating group) is 1. The number of aromatic nitrogens is 1. The van der Waals surface area contributed by atoms with Gasteiger partial charge in [-0.05, 0) is 45.4 Å². The number of halogens is 1. The van der Waals surface area contributed by atoms with Gasteiger partial charge in [0.05, 0.1) is 17.5 Å². The highest BCUT2D eigenvalue weighted by Crippen LogP contribution is 2.27. The van der Waals surface area contributed by atoms with E-state index in [0.717, 1.165) is 57.8 Å². The molecule has 5 nitrogen and oxygen atoms in total.